The second-order valence-electron chi connectivity index (χ2n) is 2.92. The zero-order chi connectivity index (χ0) is 8.10. The van der Waals surface area contributed by atoms with E-state index in [4.69, 9.17) is 16.3 Å². The Labute approximate surface area is 77.8 Å². The molecule has 0 amide bonds. The summed E-state index contributed by atoms with van der Waals surface area (Å²) in [4.78, 5) is 0. The fourth-order valence-electron chi connectivity index (χ4n) is 1.30. The number of ether oxygens (including phenoxy) is 1. The van der Waals surface area contributed by atoms with Crippen molar-refractivity contribution in [1.29, 1.82) is 0 Å². The van der Waals surface area contributed by atoms with Crippen molar-refractivity contribution in [2.24, 2.45) is 5.92 Å². The number of hydrogen-bond acceptors (Lipinski definition) is 2. The van der Waals surface area contributed by atoms with Crippen molar-refractivity contribution in [1.82, 2.24) is 0 Å². The average molecular weight is 195 g/mol. The Kier molecular flexibility index (Phi) is 4.65. The summed E-state index contributed by atoms with van der Waals surface area (Å²) < 4.78 is 5.36. The standard InChI is InChI=1S/C8H15ClOS/c1-11-5-3-7-6-10-4-2-8(7)9/h7-8H,2-6H2,1H3. The van der Waals surface area contributed by atoms with Crippen molar-refractivity contribution < 1.29 is 4.74 Å². The minimum Gasteiger partial charge on any atom is -0.381 e. The first-order valence-corrected chi connectivity index (χ1v) is 5.88. The molecule has 3 heteroatoms. The molecular weight excluding hydrogens is 180 g/mol. The summed E-state index contributed by atoms with van der Waals surface area (Å²) in [5.41, 5.74) is 0. The topological polar surface area (TPSA) is 9.23 Å². The van der Waals surface area contributed by atoms with E-state index in [9.17, 15) is 0 Å². The Morgan fingerprint density at radius 2 is 2.45 bits per heavy atom. The molecule has 1 saturated heterocycles. The van der Waals surface area contributed by atoms with Gasteiger partial charge in [0, 0.05) is 12.0 Å². The molecule has 0 aromatic carbocycles. The lowest BCUT2D eigenvalue weighted by molar-refractivity contribution is 0.0568. The summed E-state index contributed by atoms with van der Waals surface area (Å²) in [5.74, 6) is 1.80. The smallest absolute Gasteiger partial charge is 0.0508 e. The highest BCUT2D eigenvalue weighted by molar-refractivity contribution is 7.98. The van der Waals surface area contributed by atoms with Gasteiger partial charge in [0.2, 0.25) is 0 Å². The van der Waals surface area contributed by atoms with Crippen LogP contribution in [0.1, 0.15) is 12.8 Å². The predicted octanol–water partition coefficient (Wildman–Crippen LogP) is 2.38. The molecule has 0 saturated carbocycles. The highest BCUT2D eigenvalue weighted by Crippen LogP contribution is 2.24. The highest BCUT2D eigenvalue weighted by atomic mass is 35.5. The van der Waals surface area contributed by atoms with Gasteiger partial charge in [-0.2, -0.15) is 11.8 Å². The van der Waals surface area contributed by atoms with Gasteiger partial charge in [-0.3, -0.25) is 0 Å². The van der Waals surface area contributed by atoms with Crippen LogP contribution in [0.25, 0.3) is 0 Å². The number of hydrogen-bond donors (Lipinski definition) is 0. The number of thioether (sulfide) groups is 1. The van der Waals surface area contributed by atoms with Crippen LogP contribution < -0.4 is 0 Å². The van der Waals surface area contributed by atoms with Crippen LogP contribution in [0.3, 0.4) is 0 Å². The molecule has 0 aromatic heterocycles. The monoisotopic (exact) mass is 194 g/mol. The van der Waals surface area contributed by atoms with Crippen molar-refractivity contribution in [3.63, 3.8) is 0 Å². The molecule has 0 aliphatic carbocycles. The maximum absolute atomic E-state index is 6.13. The SMILES string of the molecule is CSCCC1COCCC1Cl. The molecule has 2 atom stereocenters. The van der Waals surface area contributed by atoms with Crippen LogP contribution >= 0.6 is 23.4 Å². The average Bonchev–Trinajstić information content (AvgIpc) is 2.03. The summed E-state index contributed by atoms with van der Waals surface area (Å²) in [7, 11) is 0. The van der Waals surface area contributed by atoms with Gasteiger partial charge in [0.05, 0.1) is 6.61 Å². The van der Waals surface area contributed by atoms with Gasteiger partial charge >= 0.3 is 0 Å². The van der Waals surface area contributed by atoms with Crippen LogP contribution in [0, 0.1) is 5.92 Å². The van der Waals surface area contributed by atoms with Crippen molar-refractivity contribution in [3.05, 3.63) is 0 Å². The van der Waals surface area contributed by atoms with Gasteiger partial charge in [0.15, 0.2) is 0 Å². The van der Waals surface area contributed by atoms with Gasteiger partial charge in [-0.25, -0.2) is 0 Å². The van der Waals surface area contributed by atoms with Crippen molar-refractivity contribution in [2.75, 3.05) is 25.2 Å². The summed E-state index contributed by atoms with van der Waals surface area (Å²) in [6.07, 6.45) is 4.36. The first kappa shape index (κ1) is 9.69. The third-order valence-corrected chi connectivity index (χ3v) is 3.29. The van der Waals surface area contributed by atoms with Crippen molar-refractivity contribution in [2.45, 2.75) is 18.2 Å². The molecule has 1 nitrogen and oxygen atoms in total. The summed E-state index contributed by atoms with van der Waals surface area (Å²) in [6, 6.07) is 0. The van der Waals surface area contributed by atoms with E-state index < -0.39 is 0 Å². The molecular formula is C8H15ClOS. The van der Waals surface area contributed by atoms with Gasteiger partial charge in [-0.1, -0.05) is 0 Å². The minimum atomic E-state index is 0.357. The van der Waals surface area contributed by atoms with Crippen molar-refractivity contribution >= 4 is 23.4 Å². The maximum atomic E-state index is 6.13. The molecule has 0 radical (unpaired) electrons. The van der Waals surface area contributed by atoms with Crippen LogP contribution in [0.15, 0.2) is 0 Å². The number of halogens is 1. The quantitative estimate of drug-likeness (QED) is 0.639. The van der Waals surface area contributed by atoms with Crippen LogP contribution in [0.5, 0.6) is 0 Å². The lowest BCUT2D eigenvalue weighted by Gasteiger charge is -2.26. The number of alkyl halides is 1. The van der Waals surface area contributed by atoms with E-state index >= 15 is 0 Å². The van der Waals surface area contributed by atoms with Crippen LogP contribution in [0.4, 0.5) is 0 Å². The van der Waals surface area contributed by atoms with Gasteiger partial charge in [-0.05, 0) is 30.8 Å². The van der Waals surface area contributed by atoms with E-state index in [0.29, 0.717) is 11.3 Å². The first-order chi connectivity index (χ1) is 5.34. The van der Waals surface area contributed by atoms with E-state index in [1.165, 1.54) is 12.2 Å². The van der Waals surface area contributed by atoms with Gasteiger partial charge in [0.1, 0.15) is 0 Å². The Morgan fingerprint density at radius 1 is 1.64 bits per heavy atom. The molecule has 0 spiro atoms. The summed E-state index contributed by atoms with van der Waals surface area (Å²) in [6.45, 7) is 1.72. The Hall–Kier alpha value is 0.600. The summed E-state index contributed by atoms with van der Waals surface area (Å²) in [5, 5.41) is 0.357. The molecule has 1 aliphatic rings. The van der Waals surface area contributed by atoms with Gasteiger partial charge < -0.3 is 4.74 Å². The fraction of sp³-hybridized carbons (Fsp3) is 1.00. The lowest BCUT2D eigenvalue weighted by atomic mass is 9.99. The molecule has 1 fully saturated rings. The minimum absolute atomic E-state index is 0.357. The second-order valence-corrected chi connectivity index (χ2v) is 4.47. The molecule has 0 aromatic rings. The molecule has 11 heavy (non-hydrogen) atoms. The van der Waals surface area contributed by atoms with E-state index in [1.54, 1.807) is 0 Å². The molecule has 1 aliphatic heterocycles. The largest absolute Gasteiger partial charge is 0.381 e. The molecule has 1 rings (SSSR count). The first-order valence-electron chi connectivity index (χ1n) is 4.05. The normalized spacial score (nSPS) is 32.2. The lowest BCUT2D eigenvalue weighted by Crippen LogP contribution is -2.28. The van der Waals surface area contributed by atoms with E-state index in [0.717, 1.165) is 19.6 Å². The molecule has 66 valence electrons. The van der Waals surface area contributed by atoms with E-state index in [2.05, 4.69) is 6.26 Å². The fourth-order valence-corrected chi connectivity index (χ4v) is 2.13. The van der Waals surface area contributed by atoms with Crippen LogP contribution in [-0.2, 0) is 4.74 Å². The van der Waals surface area contributed by atoms with Crippen LogP contribution in [-0.4, -0.2) is 30.6 Å². The molecule has 1 heterocycles. The number of rotatable bonds is 3. The third kappa shape index (κ3) is 3.22. The molecule has 2 unspecified atom stereocenters. The Bertz CT molecular complexity index is 110. The Morgan fingerprint density at radius 3 is 3.09 bits per heavy atom. The zero-order valence-corrected chi connectivity index (χ0v) is 8.46. The molecule has 0 N–H and O–H groups in total. The van der Waals surface area contributed by atoms with Gasteiger partial charge in [0.25, 0.3) is 0 Å². The summed E-state index contributed by atoms with van der Waals surface area (Å²) >= 11 is 8.01. The molecule has 0 bridgehead atoms. The van der Waals surface area contributed by atoms with Crippen molar-refractivity contribution in [3.8, 4) is 0 Å². The highest BCUT2D eigenvalue weighted by Gasteiger charge is 2.22. The zero-order valence-electron chi connectivity index (χ0n) is 6.88. The second kappa shape index (κ2) is 5.28. The van der Waals surface area contributed by atoms with Gasteiger partial charge in [-0.15, -0.1) is 11.6 Å². The maximum Gasteiger partial charge on any atom is 0.0508 e. The third-order valence-electron chi connectivity index (χ3n) is 2.07. The predicted molar refractivity (Wildman–Crippen MR) is 51.6 cm³/mol. The van der Waals surface area contributed by atoms with E-state index in [1.807, 2.05) is 11.8 Å². The van der Waals surface area contributed by atoms with Crippen LogP contribution in [0.2, 0.25) is 0 Å². The van der Waals surface area contributed by atoms with E-state index in [-0.39, 0.29) is 0 Å². The Balaban J connectivity index is 2.18.